The number of ether oxygens (including phenoxy) is 1. The van der Waals surface area contributed by atoms with Gasteiger partial charge in [0.1, 0.15) is 5.75 Å². The van der Waals surface area contributed by atoms with Crippen molar-refractivity contribution in [2.24, 2.45) is 0 Å². The lowest BCUT2D eigenvalue weighted by Gasteiger charge is -2.18. The summed E-state index contributed by atoms with van der Waals surface area (Å²) in [5.41, 5.74) is 4.59. The summed E-state index contributed by atoms with van der Waals surface area (Å²) in [6.45, 7) is 2.52. The molecule has 1 heterocycles. The Morgan fingerprint density at radius 1 is 0.966 bits per heavy atom. The third-order valence-electron chi connectivity index (χ3n) is 5.09. The van der Waals surface area contributed by atoms with E-state index in [2.05, 4.69) is 34.6 Å². The molecule has 0 fully saturated rings. The predicted octanol–water partition coefficient (Wildman–Crippen LogP) is 4.80. The highest BCUT2D eigenvalue weighted by Gasteiger charge is 2.19. The maximum absolute atomic E-state index is 12.4. The van der Waals surface area contributed by atoms with Crippen molar-refractivity contribution in [2.75, 3.05) is 13.2 Å². The number of hydrogen-bond acceptors (Lipinski definition) is 2. The van der Waals surface area contributed by atoms with E-state index in [0.717, 1.165) is 16.6 Å². The number of fused-ring (bicyclic) bond motifs is 1. The molecule has 4 nitrogen and oxygen atoms in total. The Bertz CT molecular complexity index is 1080. The first kappa shape index (κ1) is 18.8. The van der Waals surface area contributed by atoms with Crippen molar-refractivity contribution < 1.29 is 9.53 Å². The van der Waals surface area contributed by atoms with Crippen molar-refractivity contribution in [3.8, 4) is 5.75 Å². The molecule has 1 atom stereocenters. The largest absolute Gasteiger partial charge is 0.484 e. The van der Waals surface area contributed by atoms with E-state index in [1.807, 2.05) is 67.7 Å². The Hall–Kier alpha value is -3.53. The second kappa shape index (κ2) is 8.65. The molecular formula is C25H24N2O2. The smallest absolute Gasteiger partial charge is 0.257 e. The van der Waals surface area contributed by atoms with Crippen LogP contribution in [0.5, 0.6) is 5.75 Å². The van der Waals surface area contributed by atoms with Gasteiger partial charge in [0.15, 0.2) is 6.61 Å². The van der Waals surface area contributed by atoms with Crippen LogP contribution in [0.25, 0.3) is 10.9 Å². The Kier molecular flexibility index (Phi) is 5.61. The van der Waals surface area contributed by atoms with E-state index < -0.39 is 0 Å². The highest BCUT2D eigenvalue weighted by atomic mass is 16.5. The highest BCUT2D eigenvalue weighted by molar-refractivity contribution is 5.84. The van der Waals surface area contributed by atoms with Crippen LogP contribution in [0, 0.1) is 6.92 Å². The van der Waals surface area contributed by atoms with Crippen LogP contribution in [0.15, 0.2) is 85.1 Å². The summed E-state index contributed by atoms with van der Waals surface area (Å²) in [6.07, 6.45) is 2.04. The zero-order valence-corrected chi connectivity index (χ0v) is 16.4. The Balaban J connectivity index is 1.47. The van der Waals surface area contributed by atoms with Crippen molar-refractivity contribution >= 4 is 16.8 Å². The zero-order chi connectivity index (χ0) is 20.1. The molecule has 1 aromatic heterocycles. The fourth-order valence-corrected chi connectivity index (χ4v) is 3.53. The van der Waals surface area contributed by atoms with Gasteiger partial charge < -0.3 is 15.0 Å². The fourth-order valence-electron chi connectivity index (χ4n) is 3.53. The van der Waals surface area contributed by atoms with E-state index in [9.17, 15) is 4.79 Å². The van der Waals surface area contributed by atoms with Crippen molar-refractivity contribution in [1.82, 2.24) is 10.3 Å². The summed E-state index contributed by atoms with van der Waals surface area (Å²) in [6, 6.07) is 26.2. The third kappa shape index (κ3) is 4.49. The molecule has 146 valence electrons. The van der Waals surface area contributed by atoms with Gasteiger partial charge >= 0.3 is 0 Å². The summed E-state index contributed by atoms with van der Waals surface area (Å²) in [5, 5.41) is 4.21. The first-order valence-corrected chi connectivity index (χ1v) is 9.78. The quantitative estimate of drug-likeness (QED) is 0.481. The van der Waals surface area contributed by atoms with Crippen LogP contribution in [-0.2, 0) is 4.79 Å². The topological polar surface area (TPSA) is 54.1 Å². The summed E-state index contributed by atoms with van der Waals surface area (Å²) in [4.78, 5) is 15.7. The van der Waals surface area contributed by atoms with Gasteiger partial charge in [-0.05, 0) is 36.2 Å². The number of aryl methyl sites for hydroxylation is 1. The van der Waals surface area contributed by atoms with E-state index in [0.29, 0.717) is 12.3 Å². The lowest BCUT2D eigenvalue weighted by molar-refractivity contribution is -0.123. The number of amides is 1. The van der Waals surface area contributed by atoms with Gasteiger partial charge in [-0.3, -0.25) is 4.79 Å². The molecule has 1 amide bonds. The number of carbonyl (C=O) groups excluding carboxylic acids is 1. The molecule has 3 aromatic carbocycles. The van der Waals surface area contributed by atoms with Gasteiger partial charge in [-0.15, -0.1) is 0 Å². The van der Waals surface area contributed by atoms with Crippen LogP contribution in [-0.4, -0.2) is 24.0 Å². The molecule has 0 radical (unpaired) electrons. The van der Waals surface area contributed by atoms with Gasteiger partial charge in [0, 0.05) is 29.6 Å². The molecule has 2 N–H and O–H groups in total. The lowest BCUT2D eigenvalue weighted by Crippen LogP contribution is -2.32. The first-order chi connectivity index (χ1) is 14.2. The number of aromatic amines is 1. The summed E-state index contributed by atoms with van der Waals surface area (Å²) in [7, 11) is 0. The molecule has 0 aliphatic heterocycles. The SMILES string of the molecule is Cc1ccc(OCC(=O)NC[C@@H](c2ccccc2)c2c[nH]c3ccccc23)cc1. The zero-order valence-electron chi connectivity index (χ0n) is 16.4. The number of hydrogen-bond donors (Lipinski definition) is 2. The van der Waals surface area contributed by atoms with Crippen LogP contribution in [0.1, 0.15) is 22.6 Å². The van der Waals surface area contributed by atoms with E-state index in [1.165, 1.54) is 10.9 Å². The minimum Gasteiger partial charge on any atom is -0.484 e. The number of para-hydroxylation sites is 1. The summed E-state index contributed by atoms with van der Waals surface area (Å²) >= 11 is 0. The third-order valence-corrected chi connectivity index (χ3v) is 5.09. The normalized spacial score (nSPS) is 11.9. The molecule has 0 bridgehead atoms. The molecule has 0 saturated heterocycles. The van der Waals surface area contributed by atoms with Crippen LogP contribution in [0.2, 0.25) is 0 Å². The van der Waals surface area contributed by atoms with Gasteiger partial charge in [0.05, 0.1) is 0 Å². The molecule has 4 rings (SSSR count). The monoisotopic (exact) mass is 384 g/mol. The number of rotatable bonds is 7. The van der Waals surface area contributed by atoms with Gasteiger partial charge in [-0.1, -0.05) is 66.2 Å². The van der Waals surface area contributed by atoms with Crippen molar-refractivity contribution in [3.63, 3.8) is 0 Å². The maximum Gasteiger partial charge on any atom is 0.257 e. The van der Waals surface area contributed by atoms with Crippen LogP contribution in [0.4, 0.5) is 0 Å². The van der Waals surface area contributed by atoms with Crippen LogP contribution >= 0.6 is 0 Å². The minimum atomic E-state index is -0.133. The number of benzene rings is 3. The van der Waals surface area contributed by atoms with Crippen molar-refractivity contribution in [2.45, 2.75) is 12.8 Å². The molecule has 4 heteroatoms. The Morgan fingerprint density at radius 2 is 1.69 bits per heavy atom. The number of aromatic nitrogens is 1. The van der Waals surface area contributed by atoms with E-state index in [-0.39, 0.29) is 18.4 Å². The van der Waals surface area contributed by atoms with Crippen LogP contribution < -0.4 is 10.1 Å². The Morgan fingerprint density at radius 3 is 2.48 bits per heavy atom. The van der Waals surface area contributed by atoms with Gasteiger partial charge in [0.2, 0.25) is 0 Å². The molecule has 0 unspecified atom stereocenters. The van der Waals surface area contributed by atoms with E-state index >= 15 is 0 Å². The first-order valence-electron chi connectivity index (χ1n) is 9.78. The second-order valence-electron chi connectivity index (χ2n) is 7.16. The second-order valence-corrected chi connectivity index (χ2v) is 7.16. The average molecular weight is 384 g/mol. The fraction of sp³-hybridized carbons (Fsp3) is 0.160. The molecule has 0 spiro atoms. The lowest BCUT2D eigenvalue weighted by atomic mass is 9.91. The number of H-pyrrole nitrogens is 1. The molecule has 4 aromatic rings. The van der Waals surface area contributed by atoms with Gasteiger partial charge in [-0.25, -0.2) is 0 Å². The molecule has 0 saturated carbocycles. The van der Waals surface area contributed by atoms with E-state index in [4.69, 9.17) is 4.74 Å². The van der Waals surface area contributed by atoms with Gasteiger partial charge in [0.25, 0.3) is 5.91 Å². The number of carbonyl (C=O) groups is 1. The van der Waals surface area contributed by atoms with Crippen molar-refractivity contribution in [3.05, 3.63) is 102 Å². The Labute approximate surface area is 170 Å². The van der Waals surface area contributed by atoms with Crippen molar-refractivity contribution in [1.29, 1.82) is 0 Å². The van der Waals surface area contributed by atoms with Crippen LogP contribution in [0.3, 0.4) is 0 Å². The molecular weight excluding hydrogens is 360 g/mol. The standard InChI is InChI=1S/C25H24N2O2/c1-18-11-13-20(14-12-18)29-17-25(28)27-15-22(19-7-3-2-4-8-19)23-16-26-24-10-6-5-9-21(23)24/h2-14,16,22,26H,15,17H2,1H3,(H,27,28)/t22-/m0/s1. The minimum absolute atomic E-state index is 0.00153. The number of nitrogens with one attached hydrogen (secondary N) is 2. The highest BCUT2D eigenvalue weighted by Crippen LogP contribution is 2.30. The van der Waals surface area contributed by atoms with Gasteiger partial charge in [-0.2, -0.15) is 0 Å². The summed E-state index contributed by atoms with van der Waals surface area (Å²) < 4.78 is 5.60. The maximum atomic E-state index is 12.4. The summed E-state index contributed by atoms with van der Waals surface area (Å²) in [5.74, 6) is 0.615. The van der Waals surface area contributed by atoms with E-state index in [1.54, 1.807) is 0 Å². The molecule has 0 aliphatic rings. The molecule has 0 aliphatic carbocycles. The average Bonchev–Trinajstić information content (AvgIpc) is 3.18. The predicted molar refractivity (Wildman–Crippen MR) is 116 cm³/mol. The molecule has 29 heavy (non-hydrogen) atoms.